The van der Waals surface area contributed by atoms with Gasteiger partial charge in [-0.2, -0.15) is 0 Å². The Bertz CT molecular complexity index is 3410. The van der Waals surface area contributed by atoms with Gasteiger partial charge in [-0.1, -0.05) is 140 Å². The average Bonchev–Trinajstić information content (AvgIpc) is 3.76. The van der Waals surface area contributed by atoms with Gasteiger partial charge in [-0.15, -0.1) is 11.3 Å². The van der Waals surface area contributed by atoms with Crippen molar-refractivity contribution in [2.75, 3.05) is 0 Å². The molecule has 0 fully saturated rings. The van der Waals surface area contributed by atoms with Crippen LogP contribution in [0.3, 0.4) is 0 Å². The van der Waals surface area contributed by atoms with Gasteiger partial charge in [0.2, 0.25) is 0 Å². The Balaban J connectivity index is 1.28. The fourth-order valence-electron chi connectivity index (χ4n) is 9.24. The van der Waals surface area contributed by atoms with Crippen molar-refractivity contribution in [3.05, 3.63) is 181 Å². The Morgan fingerprint density at radius 2 is 1.13 bits per heavy atom. The molecule has 0 N–H and O–H groups in total. The molecule has 12 rings (SSSR count). The molecular formula is C51H32N2S. The molecule has 3 heterocycles. The number of aliphatic imine (C=N–C) groups is 1. The lowest BCUT2D eigenvalue weighted by atomic mass is 9.91. The summed E-state index contributed by atoms with van der Waals surface area (Å²) >= 11 is 1.89. The van der Waals surface area contributed by atoms with Crippen molar-refractivity contribution < 1.29 is 0 Å². The van der Waals surface area contributed by atoms with E-state index in [0.29, 0.717) is 0 Å². The Morgan fingerprint density at radius 1 is 0.481 bits per heavy atom. The van der Waals surface area contributed by atoms with Crippen molar-refractivity contribution in [3.63, 3.8) is 0 Å². The summed E-state index contributed by atoms with van der Waals surface area (Å²) in [6, 6.07) is 60.5. The molecule has 0 amide bonds. The van der Waals surface area contributed by atoms with E-state index in [1.165, 1.54) is 102 Å². The van der Waals surface area contributed by atoms with Gasteiger partial charge in [0.05, 0.1) is 16.7 Å². The molecule has 0 radical (unpaired) electrons. The molecule has 1 aliphatic heterocycles. The molecule has 0 unspecified atom stereocenters. The highest BCUT2D eigenvalue weighted by atomic mass is 32.1. The summed E-state index contributed by atoms with van der Waals surface area (Å²) in [6.45, 7) is 0. The topological polar surface area (TPSA) is 17.3 Å². The van der Waals surface area contributed by atoms with Crippen LogP contribution in [-0.4, -0.2) is 10.4 Å². The third kappa shape index (κ3) is 4.24. The van der Waals surface area contributed by atoms with Crippen LogP contribution < -0.4 is 0 Å². The van der Waals surface area contributed by atoms with E-state index >= 15 is 0 Å². The Labute approximate surface area is 315 Å². The largest absolute Gasteiger partial charge is 0.293 e. The van der Waals surface area contributed by atoms with E-state index in [0.717, 1.165) is 24.4 Å². The lowest BCUT2D eigenvalue weighted by Crippen LogP contribution is -2.15. The van der Waals surface area contributed by atoms with Crippen LogP contribution in [0.5, 0.6) is 0 Å². The minimum atomic E-state index is 0.923. The SMILES string of the molecule is C1=C(c2cccc3c2sc2ccccc23)\C(n2c3cc4ccccc4cc3c3c4c5ccccc5c5ccccc5c4ccc32)=N/c2ccccc2CC/1. The molecule has 11 aromatic rings. The van der Waals surface area contributed by atoms with E-state index in [-0.39, 0.29) is 0 Å². The summed E-state index contributed by atoms with van der Waals surface area (Å²) < 4.78 is 5.10. The Kier molecular flexibility index (Phi) is 6.37. The van der Waals surface area contributed by atoms with Crippen LogP contribution in [0, 0.1) is 0 Å². The van der Waals surface area contributed by atoms with Gasteiger partial charge >= 0.3 is 0 Å². The summed E-state index contributed by atoms with van der Waals surface area (Å²) in [5, 5.41) is 15.3. The van der Waals surface area contributed by atoms with Crippen molar-refractivity contribution in [1.82, 2.24) is 4.57 Å². The normalized spacial score (nSPS) is 15.6. The van der Waals surface area contributed by atoms with Crippen LogP contribution in [0.25, 0.3) is 90.6 Å². The van der Waals surface area contributed by atoms with Crippen LogP contribution in [0.1, 0.15) is 17.5 Å². The molecular weight excluding hydrogens is 673 g/mol. The van der Waals surface area contributed by atoms with Gasteiger partial charge in [0, 0.05) is 47.5 Å². The molecule has 1 aliphatic rings. The van der Waals surface area contributed by atoms with E-state index in [9.17, 15) is 0 Å². The smallest absolute Gasteiger partial charge is 0.145 e. The van der Waals surface area contributed by atoms with E-state index < -0.39 is 0 Å². The number of aromatic nitrogens is 1. The van der Waals surface area contributed by atoms with Gasteiger partial charge in [0.1, 0.15) is 5.84 Å². The van der Waals surface area contributed by atoms with Gasteiger partial charge in [0.25, 0.3) is 0 Å². The number of hydrogen-bond acceptors (Lipinski definition) is 2. The maximum absolute atomic E-state index is 5.75. The van der Waals surface area contributed by atoms with E-state index in [1.807, 2.05) is 11.3 Å². The summed E-state index contributed by atoms with van der Waals surface area (Å²) in [6.07, 6.45) is 4.32. The van der Waals surface area contributed by atoms with Crippen LogP contribution in [0.2, 0.25) is 0 Å². The first-order valence-corrected chi connectivity index (χ1v) is 19.6. The lowest BCUT2D eigenvalue weighted by molar-refractivity contribution is 0.996. The number of rotatable bonds is 1. The number of para-hydroxylation sites is 1. The van der Waals surface area contributed by atoms with E-state index in [1.54, 1.807) is 0 Å². The van der Waals surface area contributed by atoms with Crippen molar-refractivity contribution in [3.8, 4) is 0 Å². The minimum Gasteiger partial charge on any atom is -0.293 e. The molecule has 0 aliphatic carbocycles. The number of nitrogens with zero attached hydrogens (tertiary/aromatic N) is 2. The fourth-order valence-corrected chi connectivity index (χ4v) is 10.5. The highest BCUT2D eigenvalue weighted by molar-refractivity contribution is 7.26. The predicted molar refractivity (Wildman–Crippen MR) is 234 cm³/mol. The molecule has 0 spiro atoms. The maximum atomic E-state index is 5.75. The zero-order valence-corrected chi connectivity index (χ0v) is 30.2. The van der Waals surface area contributed by atoms with Crippen molar-refractivity contribution >= 4 is 114 Å². The zero-order valence-electron chi connectivity index (χ0n) is 29.4. The van der Waals surface area contributed by atoms with Crippen LogP contribution >= 0.6 is 11.3 Å². The van der Waals surface area contributed by atoms with E-state index in [2.05, 4.69) is 174 Å². The summed E-state index contributed by atoms with van der Waals surface area (Å²) in [7, 11) is 0. The number of fused-ring (bicyclic) bond motifs is 15. The van der Waals surface area contributed by atoms with Crippen molar-refractivity contribution in [2.24, 2.45) is 4.99 Å². The maximum Gasteiger partial charge on any atom is 0.145 e. The third-order valence-electron chi connectivity index (χ3n) is 11.6. The number of aryl methyl sites for hydroxylation is 1. The molecule has 252 valence electrons. The Morgan fingerprint density at radius 3 is 1.96 bits per heavy atom. The Hall–Kier alpha value is -6.55. The molecule has 0 bridgehead atoms. The zero-order chi connectivity index (χ0) is 35.3. The summed E-state index contributed by atoms with van der Waals surface area (Å²) in [4.78, 5) is 5.75. The first-order chi connectivity index (χ1) is 26.8. The highest BCUT2D eigenvalue weighted by Crippen LogP contribution is 2.46. The van der Waals surface area contributed by atoms with Gasteiger partial charge in [-0.25, -0.2) is 4.99 Å². The minimum absolute atomic E-state index is 0.923. The summed E-state index contributed by atoms with van der Waals surface area (Å²) in [5.74, 6) is 0.965. The van der Waals surface area contributed by atoms with Crippen LogP contribution in [-0.2, 0) is 6.42 Å². The van der Waals surface area contributed by atoms with Crippen LogP contribution in [0.15, 0.2) is 175 Å². The number of benzene rings is 9. The molecule has 9 aromatic carbocycles. The monoisotopic (exact) mass is 704 g/mol. The van der Waals surface area contributed by atoms with Gasteiger partial charge in [-0.3, -0.25) is 4.57 Å². The number of hydrogen-bond donors (Lipinski definition) is 0. The fraction of sp³-hybridized carbons (Fsp3) is 0.0392. The van der Waals surface area contributed by atoms with Crippen LogP contribution in [0.4, 0.5) is 5.69 Å². The van der Waals surface area contributed by atoms with Gasteiger partial charge in [-0.05, 0) is 86.4 Å². The molecule has 0 saturated carbocycles. The van der Waals surface area contributed by atoms with Gasteiger partial charge in [0.15, 0.2) is 0 Å². The first-order valence-electron chi connectivity index (χ1n) is 18.8. The quantitative estimate of drug-likeness (QED) is 0.151. The second-order valence-electron chi connectivity index (χ2n) is 14.5. The third-order valence-corrected chi connectivity index (χ3v) is 12.8. The molecule has 0 atom stereocenters. The lowest BCUT2D eigenvalue weighted by Gasteiger charge is -2.20. The predicted octanol–water partition coefficient (Wildman–Crippen LogP) is 14.4. The number of thiophene rings is 1. The molecule has 2 nitrogen and oxygen atoms in total. The first kappa shape index (κ1) is 30.0. The van der Waals surface area contributed by atoms with E-state index in [4.69, 9.17) is 4.99 Å². The standard InChI is InChI=1S/C51H32N2S/c1-2-15-33-30-46-43(29-32(33)14-1)49-45(28-27-39-36-19-5-4-17-34(36)35-18-6-7-21-38(35)48(39)49)53(46)51-42(24-11-16-31-13-3-9-25-44(31)52-51)41-23-12-22-40-37-20-8-10-26-47(37)54-50(40)41/h1-10,12-15,17-30H,11,16H2/b42-24-,52-51+. The van der Waals surface area contributed by atoms with Gasteiger partial charge < -0.3 is 0 Å². The molecule has 2 aromatic heterocycles. The molecule has 3 heteroatoms. The second-order valence-corrected chi connectivity index (χ2v) is 15.6. The number of allylic oxidation sites excluding steroid dienone is 2. The second kappa shape index (κ2) is 11.5. The highest BCUT2D eigenvalue weighted by Gasteiger charge is 2.25. The van der Waals surface area contributed by atoms with Crippen molar-refractivity contribution in [1.29, 1.82) is 0 Å². The molecule has 54 heavy (non-hydrogen) atoms. The molecule has 0 saturated heterocycles. The average molecular weight is 705 g/mol. The van der Waals surface area contributed by atoms with Crippen molar-refractivity contribution in [2.45, 2.75) is 12.8 Å². The summed E-state index contributed by atoms with van der Waals surface area (Å²) in [5.41, 5.74) is 7.06.